The number of benzene rings is 1. The molecule has 4 nitrogen and oxygen atoms in total. The molecule has 0 unspecified atom stereocenters. The van der Waals surface area contributed by atoms with Gasteiger partial charge in [-0.3, -0.25) is 5.41 Å². The summed E-state index contributed by atoms with van der Waals surface area (Å²) >= 11 is 3.36. The molecule has 2 rings (SSSR count). The van der Waals surface area contributed by atoms with Gasteiger partial charge >= 0.3 is 0 Å². The molecule has 0 aliphatic carbocycles. The lowest BCUT2D eigenvalue weighted by Gasteiger charge is -2.08. The molecule has 0 spiro atoms. The number of nitrogens with two attached hydrogens (primary N) is 1. The van der Waals surface area contributed by atoms with Gasteiger partial charge in [-0.05, 0) is 31.2 Å². The largest absolute Gasteiger partial charge is 0.384 e. The maximum Gasteiger partial charge on any atom is 0.125 e. The Morgan fingerprint density at radius 3 is 2.75 bits per heavy atom. The van der Waals surface area contributed by atoms with Crippen LogP contribution in [0.25, 0.3) is 5.69 Å². The van der Waals surface area contributed by atoms with E-state index in [0.29, 0.717) is 5.56 Å². The van der Waals surface area contributed by atoms with Gasteiger partial charge in [0.25, 0.3) is 0 Å². The molecule has 0 saturated heterocycles. The van der Waals surface area contributed by atoms with Crippen LogP contribution in [-0.4, -0.2) is 15.6 Å². The number of aryl methyl sites for hydroxylation is 1. The van der Waals surface area contributed by atoms with E-state index in [4.69, 9.17) is 11.1 Å². The molecule has 0 aliphatic heterocycles. The molecule has 2 aromatic rings. The van der Waals surface area contributed by atoms with Crippen molar-refractivity contribution in [1.29, 1.82) is 5.41 Å². The van der Waals surface area contributed by atoms with Crippen molar-refractivity contribution in [3.8, 4) is 5.69 Å². The summed E-state index contributed by atoms with van der Waals surface area (Å²) in [5, 5.41) is 11.8. The summed E-state index contributed by atoms with van der Waals surface area (Å²) in [4.78, 5) is 0. The predicted molar refractivity (Wildman–Crippen MR) is 67.0 cm³/mol. The van der Waals surface area contributed by atoms with Gasteiger partial charge < -0.3 is 5.73 Å². The summed E-state index contributed by atoms with van der Waals surface area (Å²) in [7, 11) is 0. The van der Waals surface area contributed by atoms with E-state index in [9.17, 15) is 0 Å². The van der Waals surface area contributed by atoms with Gasteiger partial charge in [-0.1, -0.05) is 15.9 Å². The van der Waals surface area contributed by atoms with E-state index in [1.807, 2.05) is 37.4 Å². The summed E-state index contributed by atoms with van der Waals surface area (Å²) in [6, 6.07) is 7.51. The Balaban J connectivity index is 2.60. The first-order chi connectivity index (χ1) is 7.58. The Bertz CT molecular complexity index is 545. The minimum atomic E-state index is 0.0319. The number of halogens is 1. The number of nitrogens with zero attached hydrogens (tertiary/aromatic N) is 2. The SMILES string of the molecule is Cc1ccn(-c2ccc(Br)cc2C(=N)N)n1. The Kier molecular flexibility index (Phi) is 2.78. The molecule has 5 heteroatoms. The zero-order valence-electron chi connectivity index (χ0n) is 8.74. The van der Waals surface area contributed by atoms with Gasteiger partial charge in [-0.25, -0.2) is 4.68 Å². The third-order valence-corrected chi connectivity index (χ3v) is 2.71. The highest BCUT2D eigenvalue weighted by Crippen LogP contribution is 2.19. The fraction of sp³-hybridized carbons (Fsp3) is 0.0909. The molecule has 0 fully saturated rings. The normalized spacial score (nSPS) is 10.4. The fourth-order valence-corrected chi connectivity index (χ4v) is 1.83. The topological polar surface area (TPSA) is 67.7 Å². The van der Waals surface area contributed by atoms with Gasteiger partial charge in [0.15, 0.2) is 0 Å². The summed E-state index contributed by atoms with van der Waals surface area (Å²) in [6.45, 7) is 1.92. The lowest BCUT2D eigenvalue weighted by Crippen LogP contribution is -2.15. The van der Waals surface area contributed by atoms with Crippen molar-refractivity contribution < 1.29 is 0 Å². The van der Waals surface area contributed by atoms with Crippen molar-refractivity contribution in [2.24, 2.45) is 5.73 Å². The number of nitrogens with one attached hydrogen (secondary N) is 1. The molecule has 1 aromatic heterocycles. The van der Waals surface area contributed by atoms with E-state index in [1.54, 1.807) is 4.68 Å². The minimum Gasteiger partial charge on any atom is -0.384 e. The Hall–Kier alpha value is -1.62. The minimum absolute atomic E-state index is 0.0319. The highest BCUT2D eigenvalue weighted by atomic mass is 79.9. The van der Waals surface area contributed by atoms with Crippen LogP contribution in [0.1, 0.15) is 11.3 Å². The molecule has 0 amide bonds. The molecule has 0 bridgehead atoms. The van der Waals surface area contributed by atoms with Gasteiger partial charge in [-0.2, -0.15) is 5.10 Å². The molecule has 82 valence electrons. The number of nitrogen functional groups attached to an aromatic ring is 1. The Morgan fingerprint density at radius 1 is 1.44 bits per heavy atom. The van der Waals surface area contributed by atoms with Crippen LogP contribution in [0.15, 0.2) is 34.9 Å². The first kappa shape index (κ1) is 10.9. The van der Waals surface area contributed by atoms with Crippen LogP contribution in [0.2, 0.25) is 0 Å². The van der Waals surface area contributed by atoms with Crippen molar-refractivity contribution in [2.75, 3.05) is 0 Å². The molecule has 3 N–H and O–H groups in total. The lowest BCUT2D eigenvalue weighted by atomic mass is 10.1. The molecule has 16 heavy (non-hydrogen) atoms. The van der Waals surface area contributed by atoms with E-state index in [-0.39, 0.29) is 5.84 Å². The van der Waals surface area contributed by atoms with Gasteiger partial charge in [0.1, 0.15) is 5.84 Å². The Labute approximate surface area is 102 Å². The molecule has 0 atom stereocenters. The average molecular weight is 279 g/mol. The van der Waals surface area contributed by atoms with E-state index in [1.165, 1.54) is 0 Å². The van der Waals surface area contributed by atoms with Crippen LogP contribution in [0, 0.1) is 12.3 Å². The second kappa shape index (κ2) is 4.09. The molecule has 0 radical (unpaired) electrons. The first-order valence-corrected chi connectivity index (χ1v) is 5.54. The molecule has 1 aromatic carbocycles. The van der Waals surface area contributed by atoms with Gasteiger partial charge in [0.2, 0.25) is 0 Å². The van der Waals surface area contributed by atoms with E-state index in [2.05, 4.69) is 21.0 Å². The standard InChI is InChI=1S/C11H11BrN4/c1-7-4-5-16(15-7)10-3-2-8(12)6-9(10)11(13)14/h2-6H,1H3,(H3,13,14). The van der Waals surface area contributed by atoms with Crippen molar-refractivity contribution >= 4 is 21.8 Å². The third-order valence-electron chi connectivity index (χ3n) is 2.22. The van der Waals surface area contributed by atoms with Crippen LogP contribution in [-0.2, 0) is 0 Å². The number of amidine groups is 1. The Morgan fingerprint density at radius 2 is 2.19 bits per heavy atom. The highest BCUT2D eigenvalue weighted by molar-refractivity contribution is 9.10. The molecular weight excluding hydrogens is 268 g/mol. The van der Waals surface area contributed by atoms with Gasteiger partial charge in [0.05, 0.1) is 11.4 Å². The van der Waals surface area contributed by atoms with E-state index in [0.717, 1.165) is 15.9 Å². The van der Waals surface area contributed by atoms with Gasteiger partial charge in [0, 0.05) is 16.2 Å². The molecule has 0 aliphatic rings. The highest BCUT2D eigenvalue weighted by Gasteiger charge is 2.08. The first-order valence-electron chi connectivity index (χ1n) is 4.74. The second-order valence-corrected chi connectivity index (χ2v) is 4.39. The zero-order chi connectivity index (χ0) is 11.7. The lowest BCUT2D eigenvalue weighted by molar-refractivity contribution is 0.860. The maximum absolute atomic E-state index is 7.54. The zero-order valence-corrected chi connectivity index (χ0v) is 10.3. The van der Waals surface area contributed by atoms with E-state index < -0.39 is 0 Å². The smallest absolute Gasteiger partial charge is 0.125 e. The number of aromatic nitrogens is 2. The third kappa shape index (κ3) is 1.99. The van der Waals surface area contributed by atoms with Crippen LogP contribution < -0.4 is 5.73 Å². The summed E-state index contributed by atoms with van der Waals surface area (Å²) in [5.41, 5.74) is 7.95. The predicted octanol–water partition coefficient (Wildman–Crippen LogP) is 2.23. The van der Waals surface area contributed by atoms with Gasteiger partial charge in [-0.15, -0.1) is 0 Å². The quantitative estimate of drug-likeness (QED) is 0.653. The average Bonchev–Trinajstić information content (AvgIpc) is 2.64. The van der Waals surface area contributed by atoms with Crippen molar-refractivity contribution in [3.63, 3.8) is 0 Å². The summed E-state index contributed by atoms with van der Waals surface area (Å²) in [6.07, 6.45) is 1.85. The van der Waals surface area contributed by atoms with Crippen molar-refractivity contribution in [1.82, 2.24) is 9.78 Å². The van der Waals surface area contributed by atoms with Crippen molar-refractivity contribution in [2.45, 2.75) is 6.92 Å². The fourth-order valence-electron chi connectivity index (χ4n) is 1.47. The summed E-state index contributed by atoms with van der Waals surface area (Å²) in [5.74, 6) is 0.0319. The van der Waals surface area contributed by atoms with Crippen molar-refractivity contribution in [3.05, 3.63) is 46.2 Å². The van der Waals surface area contributed by atoms with Crippen LogP contribution in [0.4, 0.5) is 0 Å². The number of hydrogen-bond acceptors (Lipinski definition) is 2. The summed E-state index contributed by atoms with van der Waals surface area (Å²) < 4.78 is 2.61. The number of rotatable bonds is 2. The molecular formula is C11H11BrN4. The molecule has 0 saturated carbocycles. The molecule has 1 heterocycles. The number of hydrogen-bond donors (Lipinski definition) is 2. The maximum atomic E-state index is 7.54. The van der Waals surface area contributed by atoms with E-state index >= 15 is 0 Å². The van der Waals surface area contributed by atoms with Crippen LogP contribution in [0.5, 0.6) is 0 Å². The second-order valence-electron chi connectivity index (χ2n) is 3.48. The van der Waals surface area contributed by atoms with Crippen LogP contribution >= 0.6 is 15.9 Å². The monoisotopic (exact) mass is 278 g/mol. The van der Waals surface area contributed by atoms with Crippen LogP contribution in [0.3, 0.4) is 0 Å².